The van der Waals surface area contributed by atoms with E-state index in [1.807, 2.05) is 13.8 Å². The van der Waals surface area contributed by atoms with E-state index in [0.717, 1.165) is 51.1 Å². The molecule has 0 saturated carbocycles. The average Bonchev–Trinajstić information content (AvgIpc) is 2.23. The first-order valence-corrected chi connectivity index (χ1v) is 5.65. The van der Waals surface area contributed by atoms with E-state index in [0.29, 0.717) is 0 Å². The van der Waals surface area contributed by atoms with E-state index in [-0.39, 0.29) is 11.8 Å². The lowest BCUT2D eigenvalue weighted by atomic mass is 9.98. The van der Waals surface area contributed by atoms with Crippen molar-refractivity contribution in [3.63, 3.8) is 0 Å². The SMILES string of the molecule is CCC(C=O)CCCCCC(C)C=O. The Bertz CT molecular complexity index is 154. The number of carbonyl (C=O) groups is 2. The van der Waals surface area contributed by atoms with Crippen LogP contribution in [0.3, 0.4) is 0 Å². The Morgan fingerprint density at radius 2 is 1.64 bits per heavy atom. The van der Waals surface area contributed by atoms with Crippen LogP contribution in [0.1, 0.15) is 52.4 Å². The van der Waals surface area contributed by atoms with Crippen molar-refractivity contribution in [1.29, 1.82) is 0 Å². The van der Waals surface area contributed by atoms with Gasteiger partial charge in [-0.1, -0.05) is 33.1 Å². The van der Waals surface area contributed by atoms with Crippen LogP contribution in [0, 0.1) is 11.8 Å². The summed E-state index contributed by atoms with van der Waals surface area (Å²) in [5, 5.41) is 0. The van der Waals surface area contributed by atoms with E-state index >= 15 is 0 Å². The molecule has 2 atom stereocenters. The summed E-state index contributed by atoms with van der Waals surface area (Å²) in [6.07, 6.45) is 8.39. The first-order valence-electron chi connectivity index (χ1n) is 5.65. The normalized spacial score (nSPS) is 14.7. The van der Waals surface area contributed by atoms with E-state index in [1.54, 1.807) is 0 Å². The Balaban J connectivity index is 3.28. The van der Waals surface area contributed by atoms with Crippen molar-refractivity contribution in [2.24, 2.45) is 11.8 Å². The Hall–Kier alpha value is -0.660. The maximum absolute atomic E-state index is 10.5. The van der Waals surface area contributed by atoms with Crippen LogP contribution in [-0.4, -0.2) is 12.6 Å². The average molecular weight is 198 g/mol. The lowest BCUT2D eigenvalue weighted by molar-refractivity contribution is -0.111. The van der Waals surface area contributed by atoms with Crippen LogP contribution in [0.25, 0.3) is 0 Å². The molecule has 0 aliphatic heterocycles. The molecule has 0 aromatic heterocycles. The maximum Gasteiger partial charge on any atom is 0.123 e. The quantitative estimate of drug-likeness (QED) is 0.421. The molecule has 0 N–H and O–H groups in total. The molecular formula is C12H22O2. The first kappa shape index (κ1) is 13.3. The summed E-state index contributed by atoms with van der Waals surface area (Å²) in [5.41, 5.74) is 0. The second-order valence-electron chi connectivity index (χ2n) is 4.06. The van der Waals surface area contributed by atoms with Gasteiger partial charge in [-0.2, -0.15) is 0 Å². The lowest BCUT2D eigenvalue weighted by Gasteiger charge is -2.07. The fraction of sp³-hybridized carbons (Fsp3) is 0.833. The van der Waals surface area contributed by atoms with Gasteiger partial charge in [0.25, 0.3) is 0 Å². The molecule has 0 aliphatic carbocycles. The molecule has 0 rings (SSSR count). The van der Waals surface area contributed by atoms with E-state index in [9.17, 15) is 9.59 Å². The van der Waals surface area contributed by atoms with Crippen LogP contribution in [0.2, 0.25) is 0 Å². The number of rotatable bonds is 9. The van der Waals surface area contributed by atoms with Gasteiger partial charge in [0, 0.05) is 11.8 Å². The van der Waals surface area contributed by atoms with Crippen molar-refractivity contribution >= 4 is 12.6 Å². The Morgan fingerprint density at radius 1 is 1.00 bits per heavy atom. The van der Waals surface area contributed by atoms with Crippen LogP contribution in [0.15, 0.2) is 0 Å². The molecule has 0 aromatic rings. The van der Waals surface area contributed by atoms with Crippen LogP contribution >= 0.6 is 0 Å². The third-order valence-corrected chi connectivity index (χ3v) is 2.68. The maximum atomic E-state index is 10.5. The van der Waals surface area contributed by atoms with Gasteiger partial charge in [0.05, 0.1) is 0 Å². The summed E-state index contributed by atoms with van der Waals surface area (Å²) in [4.78, 5) is 20.8. The monoisotopic (exact) mass is 198 g/mol. The molecule has 0 bridgehead atoms. The number of hydrogen-bond donors (Lipinski definition) is 0. The molecule has 0 aromatic carbocycles. The fourth-order valence-corrected chi connectivity index (χ4v) is 1.49. The molecule has 2 heteroatoms. The van der Waals surface area contributed by atoms with Crippen molar-refractivity contribution in [3.8, 4) is 0 Å². The smallest absolute Gasteiger partial charge is 0.123 e. The van der Waals surface area contributed by atoms with Crippen LogP contribution in [0.4, 0.5) is 0 Å². The largest absolute Gasteiger partial charge is 0.303 e. The van der Waals surface area contributed by atoms with E-state index < -0.39 is 0 Å². The third-order valence-electron chi connectivity index (χ3n) is 2.68. The second-order valence-corrected chi connectivity index (χ2v) is 4.06. The molecule has 2 unspecified atom stereocenters. The zero-order valence-electron chi connectivity index (χ0n) is 9.37. The Labute approximate surface area is 87.1 Å². The zero-order chi connectivity index (χ0) is 10.8. The van der Waals surface area contributed by atoms with Crippen molar-refractivity contribution in [3.05, 3.63) is 0 Å². The van der Waals surface area contributed by atoms with Crippen molar-refractivity contribution in [2.45, 2.75) is 52.4 Å². The van der Waals surface area contributed by atoms with Gasteiger partial charge in [-0.3, -0.25) is 0 Å². The topological polar surface area (TPSA) is 34.1 Å². The summed E-state index contributed by atoms with van der Waals surface area (Å²) in [5.74, 6) is 0.446. The minimum absolute atomic E-state index is 0.197. The highest BCUT2D eigenvalue weighted by Gasteiger charge is 2.04. The van der Waals surface area contributed by atoms with Crippen molar-refractivity contribution in [2.75, 3.05) is 0 Å². The summed E-state index contributed by atoms with van der Waals surface area (Å²) in [7, 11) is 0. The summed E-state index contributed by atoms with van der Waals surface area (Å²) in [6.45, 7) is 4.00. The van der Waals surface area contributed by atoms with Gasteiger partial charge in [-0.25, -0.2) is 0 Å². The van der Waals surface area contributed by atoms with Crippen LogP contribution < -0.4 is 0 Å². The number of aldehydes is 2. The van der Waals surface area contributed by atoms with E-state index in [1.165, 1.54) is 0 Å². The molecule has 82 valence electrons. The van der Waals surface area contributed by atoms with Gasteiger partial charge < -0.3 is 9.59 Å². The molecule has 0 spiro atoms. The number of unbranched alkanes of at least 4 members (excludes halogenated alkanes) is 2. The fourth-order valence-electron chi connectivity index (χ4n) is 1.49. The summed E-state index contributed by atoms with van der Waals surface area (Å²) in [6, 6.07) is 0. The molecule has 0 saturated heterocycles. The van der Waals surface area contributed by atoms with Gasteiger partial charge in [-0.15, -0.1) is 0 Å². The molecular weight excluding hydrogens is 176 g/mol. The zero-order valence-corrected chi connectivity index (χ0v) is 9.37. The van der Waals surface area contributed by atoms with Gasteiger partial charge in [0.2, 0.25) is 0 Å². The van der Waals surface area contributed by atoms with E-state index in [2.05, 4.69) is 0 Å². The second kappa shape index (κ2) is 8.92. The number of carbonyl (C=O) groups excluding carboxylic acids is 2. The highest BCUT2D eigenvalue weighted by atomic mass is 16.1. The highest BCUT2D eigenvalue weighted by Crippen LogP contribution is 2.13. The predicted molar refractivity (Wildman–Crippen MR) is 58.2 cm³/mol. The first-order chi connectivity index (χ1) is 6.74. The summed E-state index contributed by atoms with van der Waals surface area (Å²) >= 11 is 0. The minimum Gasteiger partial charge on any atom is -0.303 e. The van der Waals surface area contributed by atoms with Crippen LogP contribution in [-0.2, 0) is 9.59 Å². The molecule has 0 radical (unpaired) electrons. The minimum atomic E-state index is 0.197. The van der Waals surface area contributed by atoms with Gasteiger partial charge in [0.1, 0.15) is 12.6 Å². The van der Waals surface area contributed by atoms with Crippen molar-refractivity contribution < 1.29 is 9.59 Å². The van der Waals surface area contributed by atoms with Gasteiger partial charge >= 0.3 is 0 Å². The van der Waals surface area contributed by atoms with Crippen molar-refractivity contribution in [1.82, 2.24) is 0 Å². The Morgan fingerprint density at radius 3 is 2.14 bits per heavy atom. The van der Waals surface area contributed by atoms with Crippen LogP contribution in [0.5, 0.6) is 0 Å². The molecule has 2 nitrogen and oxygen atoms in total. The molecule has 14 heavy (non-hydrogen) atoms. The summed E-state index contributed by atoms with van der Waals surface area (Å²) < 4.78 is 0. The predicted octanol–water partition coefficient (Wildman–Crippen LogP) is 3.00. The lowest BCUT2D eigenvalue weighted by Crippen LogP contribution is -2.00. The Kier molecular flexibility index (Phi) is 8.50. The molecule has 0 aliphatic rings. The molecule has 0 amide bonds. The standard InChI is InChI=1S/C12H22O2/c1-3-12(10-14)8-6-4-5-7-11(2)9-13/h9-12H,3-8H2,1-2H3. The third kappa shape index (κ3) is 6.81. The van der Waals surface area contributed by atoms with Gasteiger partial charge in [-0.05, 0) is 19.3 Å². The van der Waals surface area contributed by atoms with E-state index in [4.69, 9.17) is 0 Å². The highest BCUT2D eigenvalue weighted by molar-refractivity contribution is 5.53. The molecule has 0 fully saturated rings. The van der Waals surface area contributed by atoms with Gasteiger partial charge in [0.15, 0.2) is 0 Å². The molecule has 0 heterocycles. The number of hydrogen-bond acceptors (Lipinski definition) is 2.